The molecule has 1 atom stereocenters. The molecule has 0 saturated heterocycles. The smallest absolute Gasteiger partial charge is 0.264 e. The number of hydrogen-bond donors (Lipinski definition) is 1. The molecular formula is C8H14O5S. The Balaban J connectivity index is 4.00. The van der Waals surface area contributed by atoms with Crippen LogP contribution in [-0.4, -0.2) is 46.2 Å². The first-order valence-corrected chi connectivity index (χ1v) is 5.75. The van der Waals surface area contributed by atoms with Crippen LogP contribution < -0.4 is 0 Å². The SMILES string of the molecule is COCC#CC[C@@H](CO)OS(C)(=O)=O. The van der Waals surface area contributed by atoms with E-state index in [0.717, 1.165) is 6.26 Å². The van der Waals surface area contributed by atoms with Crippen molar-refractivity contribution in [2.75, 3.05) is 26.6 Å². The summed E-state index contributed by atoms with van der Waals surface area (Å²) in [4.78, 5) is 0. The molecule has 0 rings (SSSR count). The predicted octanol–water partition coefficient (Wildman–Crippen LogP) is -0.637. The Morgan fingerprint density at radius 1 is 1.43 bits per heavy atom. The largest absolute Gasteiger partial charge is 0.394 e. The lowest BCUT2D eigenvalue weighted by atomic mass is 10.3. The first kappa shape index (κ1) is 13.4. The van der Waals surface area contributed by atoms with E-state index in [-0.39, 0.29) is 19.6 Å². The fraction of sp³-hybridized carbons (Fsp3) is 0.750. The molecule has 0 aliphatic rings. The highest BCUT2D eigenvalue weighted by atomic mass is 32.2. The van der Waals surface area contributed by atoms with Crippen molar-refractivity contribution in [2.45, 2.75) is 12.5 Å². The van der Waals surface area contributed by atoms with Gasteiger partial charge in [0.05, 0.1) is 12.9 Å². The Morgan fingerprint density at radius 2 is 2.07 bits per heavy atom. The number of methoxy groups -OCH3 is 1. The van der Waals surface area contributed by atoms with E-state index in [1.54, 1.807) is 0 Å². The molecule has 0 aromatic carbocycles. The molecule has 0 fully saturated rings. The van der Waals surface area contributed by atoms with Gasteiger partial charge in [0.25, 0.3) is 10.1 Å². The molecule has 0 spiro atoms. The van der Waals surface area contributed by atoms with Gasteiger partial charge >= 0.3 is 0 Å². The second-order valence-corrected chi connectivity index (χ2v) is 4.20. The molecule has 0 saturated carbocycles. The average Bonchev–Trinajstić information content (AvgIpc) is 2.08. The zero-order valence-corrected chi connectivity index (χ0v) is 9.00. The molecule has 14 heavy (non-hydrogen) atoms. The second-order valence-electron chi connectivity index (χ2n) is 2.60. The van der Waals surface area contributed by atoms with Gasteiger partial charge in [-0.05, 0) is 0 Å². The molecule has 82 valence electrons. The quantitative estimate of drug-likeness (QED) is 0.495. The van der Waals surface area contributed by atoms with Gasteiger partial charge in [0.1, 0.15) is 12.7 Å². The van der Waals surface area contributed by atoms with Crippen molar-refractivity contribution in [3.8, 4) is 11.8 Å². The lowest BCUT2D eigenvalue weighted by molar-refractivity contribution is 0.126. The van der Waals surface area contributed by atoms with Crippen LogP contribution in [0.5, 0.6) is 0 Å². The Hall–Kier alpha value is -0.610. The van der Waals surface area contributed by atoms with Crippen LogP contribution in [0, 0.1) is 11.8 Å². The fourth-order valence-corrected chi connectivity index (χ4v) is 1.31. The first-order chi connectivity index (χ1) is 6.49. The van der Waals surface area contributed by atoms with Crippen molar-refractivity contribution in [1.82, 2.24) is 0 Å². The van der Waals surface area contributed by atoms with Crippen molar-refractivity contribution < 1.29 is 22.4 Å². The highest BCUT2D eigenvalue weighted by molar-refractivity contribution is 7.86. The van der Waals surface area contributed by atoms with Gasteiger partial charge in [-0.3, -0.25) is 4.18 Å². The van der Waals surface area contributed by atoms with Crippen molar-refractivity contribution in [1.29, 1.82) is 0 Å². The van der Waals surface area contributed by atoms with Crippen LogP contribution in [-0.2, 0) is 19.0 Å². The van der Waals surface area contributed by atoms with Crippen molar-refractivity contribution >= 4 is 10.1 Å². The molecule has 0 aromatic heterocycles. The van der Waals surface area contributed by atoms with Crippen molar-refractivity contribution in [3.05, 3.63) is 0 Å². The molecule has 0 amide bonds. The van der Waals surface area contributed by atoms with Crippen LogP contribution in [0.2, 0.25) is 0 Å². The van der Waals surface area contributed by atoms with Crippen LogP contribution in [0.3, 0.4) is 0 Å². The predicted molar refractivity (Wildman–Crippen MR) is 51.1 cm³/mol. The standard InChI is InChI=1S/C8H14O5S/c1-12-6-4-3-5-8(7-9)13-14(2,10)11/h8-9H,5-7H2,1-2H3/t8-/m0/s1. The minimum atomic E-state index is -3.54. The Labute approximate surface area is 84.1 Å². The molecular weight excluding hydrogens is 208 g/mol. The Kier molecular flexibility index (Phi) is 6.49. The van der Waals surface area contributed by atoms with Crippen molar-refractivity contribution in [3.63, 3.8) is 0 Å². The Bertz CT molecular complexity index is 297. The maximum Gasteiger partial charge on any atom is 0.264 e. The maximum absolute atomic E-state index is 10.7. The number of aliphatic hydroxyl groups is 1. The summed E-state index contributed by atoms with van der Waals surface area (Å²) in [6, 6.07) is 0. The summed E-state index contributed by atoms with van der Waals surface area (Å²) in [5, 5.41) is 8.76. The molecule has 0 aliphatic heterocycles. The van der Waals surface area contributed by atoms with E-state index < -0.39 is 16.2 Å². The molecule has 0 heterocycles. The third kappa shape index (κ3) is 8.01. The third-order valence-electron chi connectivity index (χ3n) is 1.19. The summed E-state index contributed by atoms with van der Waals surface area (Å²) >= 11 is 0. The molecule has 5 nitrogen and oxygen atoms in total. The van der Waals surface area contributed by atoms with Gasteiger partial charge in [-0.1, -0.05) is 11.8 Å². The normalized spacial score (nSPS) is 13.1. The van der Waals surface area contributed by atoms with Gasteiger partial charge in [0, 0.05) is 13.5 Å². The summed E-state index contributed by atoms with van der Waals surface area (Å²) in [5.41, 5.74) is 0. The number of rotatable bonds is 5. The van der Waals surface area contributed by atoms with Gasteiger partial charge in [-0.25, -0.2) is 0 Å². The molecule has 0 aliphatic carbocycles. The zero-order chi connectivity index (χ0) is 11.0. The van der Waals surface area contributed by atoms with Crippen LogP contribution in [0.1, 0.15) is 6.42 Å². The number of aliphatic hydroxyl groups excluding tert-OH is 1. The van der Waals surface area contributed by atoms with Crippen LogP contribution >= 0.6 is 0 Å². The van der Waals surface area contributed by atoms with E-state index >= 15 is 0 Å². The minimum absolute atomic E-state index is 0.160. The van der Waals surface area contributed by atoms with Crippen LogP contribution in [0.15, 0.2) is 0 Å². The highest BCUT2D eigenvalue weighted by Gasteiger charge is 2.12. The lowest BCUT2D eigenvalue weighted by Crippen LogP contribution is -2.20. The van der Waals surface area contributed by atoms with E-state index in [0.29, 0.717) is 0 Å². The molecule has 0 unspecified atom stereocenters. The molecule has 0 aromatic rings. The van der Waals surface area contributed by atoms with E-state index in [9.17, 15) is 8.42 Å². The molecule has 0 radical (unpaired) electrons. The first-order valence-electron chi connectivity index (χ1n) is 3.93. The molecule has 6 heteroatoms. The number of hydrogen-bond acceptors (Lipinski definition) is 5. The average molecular weight is 222 g/mol. The highest BCUT2D eigenvalue weighted by Crippen LogP contribution is 2.00. The fourth-order valence-electron chi connectivity index (χ4n) is 0.685. The summed E-state index contributed by atoms with van der Waals surface area (Å²) in [6.45, 7) is -0.105. The third-order valence-corrected chi connectivity index (χ3v) is 1.81. The minimum Gasteiger partial charge on any atom is -0.394 e. The van der Waals surface area contributed by atoms with Crippen LogP contribution in [0.4, 0.5) is 0 Å². The zero-order valence-electron chi connectivity index (χ0n) is 8.19. The Morgan fingerprint density at radius 3 is 2.50 bits per heavy atom. The monoisotopic (exact) mass is 222 g/mol. The number of ether oxygens (including phenoxy) is 1. The van der Waals surface area contributed by atoms with Gasteiger partial charge in [-0.15, -0.1) is 0 Å². The molecule has 0 bridgehead atoms. The van der Waals surface area contributed by atoms with Gasteiger partial charge in [-0.2, -0.15) is 8.42 Å². The van der Waals surface area contributed by atoms with Gasteiger partial charge < -0.3 is 9.84 Å². The molecule has 1 N–H and O–H groups in total. The van der Waals surface area contributed by atoms with Gasteiger partial charge in [0.15, 0.2) is 0 Å². The summed E-state index contributed by atoms with van der Waals surface area (Å²) < 4.78 is 30.6. The summed E-state index contributed by atoms with van der Waals surface area (Å²) in [7, 11) is -2.03. The van der Waals surface area contributed by atoms with E-state index in [1.807, 2.05) is 0 Å². The lowest BCUT2D eigenvalue weighted by Gasteiger charge is -2.09. The van der Waals surface area contributed by atoms with E-state index in [1.165, 1.54) is 7.11 Å². The van der Waals surface area contributed by atoms with Crippen LogP contribution in [0.25, 0.3) is 0 Å². The van der Waals surface area contributed by atoms with E-state index in [2.05, 4.69) is 20.8 Å². The van der Waals surface area contributed by atoms with Crippen molar-refractivity contribution in [2.24, 2.45) is 0 Å². The summed E-state index contributed by atoms with van der Waals surface area (Å²) in [6.07, 6.45) is 0.292. The second kappa shape index (κ2) is 6.79. The maximum atomic E-state index is 10.7. The van der Waals surface area contributed by atoms with E-state index in [4.69, 9.17) is 5.11 Å². The summed E-state index contributed by atoms with van der Waals surface area (Å²) in [5.74, 6) is 5.26. The topological polar surface area (TPSA) is 72.8 Å². The van der Waals surface area contributed by atoms with Gasteiger partial charge in [0.2, 0.25) is 0 Å².